The molecule has 2 aliphatic rings. The molecule has 0 aromatic heterocycles. The normalized spacial score (nSPS) is 25.3. The summed E-state index contributed by atoms with van der Waals surface area (Å²) in [5.41, 5.74) is 0.540. The van der Waals surface area contributed by atoms with Crippen molar-refractivity contribution >= 4 is 28.2 Å². The Morgan fingerprint density at radius 1 is 1.32 bits per heavy atom. The number of sulfonamides is 1. The Kier molecular flexibility index (Phi) is 4.96. The van der Waals surface area contributed by atoms with Gasteiger partial charge in [0.25, 0.3) is 0 Å². The summed E-state index contributed by atoms with van der Waals surface area (Å²) in [4.78, 5) is 11.7. The van der Waals surface area contributed by atoms with Crippen molar-refractivity contribution in [3.8, 4) is 0 Å². The Labute approximate surface area is 137 Å². The highest BCUT2D eigenvalue weighted by molar-refractivity contribution is 7.89. The smallest absolute Gasteiger partial charge is 0.243 e. The minimum atomic E-state index is -3.50. The van der Waals surface area contributed by atoms with E-state index in [1.807, 2.05) is 0 Å². The molecule has 0 aliphatic carbocycles. The van der Waals surface area contributed by atoms with Crippen LogP contribution in [0.1, 0.15) is 30.1 Å². The van der Waals surface area contributed by atoms with Crippen LogP contribution < -0.4 is 5.32 Å². The molecule has 2 heterocycles. The molecule has 2 aliphatic heterocycles. The third-order valence-corrected chi connectivity index (χ3v) is 6.45. The topological polar surface area (TPSA) is 66.5 Å². The first-order chi connectivity index (χ1) is 9.93. The minimum absolute atomic E-state index is 0. The number of ketones is 1. The van der Waals surface area contributed by atoms with E-state index in [2.05, 4.69) is 5.32 Å². The number of carbonyl (C=O) groups is 1. The Morgan fingerprint density at radius 3 is 2.73 bits per heavy atom. The number of carbonyl (C=O) groups excluding carboxylic acids is 1. The van der Waals surface area contributed by atoms with Gasteiger partial charge in [0.1, 0.15) is 0 Å². The Balaban J connectivity index is 0.00000176. The molecule has 122 valence electrons. The lowest BCUT2D eigenvalue weighted by molar-refractivity contribution is 0.101. The number of nitrogens with one attached hydrogen (secondary N) is 1. The third kappa shape index (κ3) is 3.06. The fourth-order valence-electron chi connectivity index (χ4n) is 3.27. The third-order valence-electron chi connectivity index (χ3n) is 4.61. The standard InChI is InChI=1S/C15H20N2O3S.ClH/c1-12(18)13-3-2-4-14(9-13)21(19,20)17-8-6-15(11-17)5-7-16-10-15;/h2-4,9,16H,5-8,10-11H2,1H3;1H. The molecule has 1 atom stereocenters. The summed E-state index contributed by atoms with van der Waals surface area (Å²) in [6, 6.07) is 6.33. The van der Waals surface area contributed by atoms with Crippen molar-refractivity contribution in [3.63, 3.8) is 0 Å². The van der Waals surface area contributed by atoms with E-state index in [-0.39, 0.29) is 28.5 Å². The van der Waals surface area contributed by atoms with Gasteiger partial charge in [0.15, 0.2) is 5.78 Å². The number of benzene rings is 1. The Morgan fingerprint density at radius 2 is 2.09 bits per heavy atom. The molecule has 0 bridgehead atoms. The van der Waals surface area contributed by atoms with Gasteiger partial charge in [-0.1, -0.05) is 12.1 Å². The lowest BCUT2D eigenvalue weighted by Gasteiger charge is -2.22. The van der Waals surface area contributed by atoms with Gasteiger partial charge in [0, 0.05) is 25.2 Å². The first-order valence-corrected chi connectivity index (χ1v) is 8.69. The van der Waals surface area contributed by atoms with Crippen LogP contribution in [0.4, 0.5) is 0 Å². The highest BCUT2D eigenvalue weighted by Crippen LogP contribution is 2.38. The lowest BCUT2D eigenvalue weighted by Crippen LogP contribution is -2.33. The fraction of sp³-hybridized carbons (Fsp3) is 0.533. The van der Waals surface area contributed by atoms with Crippen LogP contribution in [0, 0.1) is 5.41 Å². The summed E-state index contributed by atoms with van der Waals surface area (Å²) in [5, 5.41) is 3.32. The number of Topliss-reactive ketones (excluding diaryl/α,β-unsaturated/α-hetero) is 1. The highest BCUT2D eigenvalue weighted by Gasteiger charge is 2.44. The van der Waals surface area contributed by atoms with Crippen molar-refractivity contribution in [2.75, 3.05) is 26.2 Å². The van der Waals surface area contributed by atoms with Gasteiger partial charge in [0.05, 0.1) is 4.90 Å². The molecule has 1 spiro atoms. The second-order valence-corrected chi connectivity index (χ2v) is 8.04. The van der Waals surface area contributed by atoms with Gasteiger partial charge >= 0.3 is 0 Å². The highest BCUT2D eigenvalue weighted by atomic mass is 35.5. The molecule has 0 saturated carbocycles. The summed E-state index contributed by atoms with van der Waals surface area (Å²) >= 11 is 0. The van der Waals surface area contributed by atoms with E-state index in [1.54, 1.807) is 22.5 Å². The van der Waals surface area contributed by atoms with Crippen molar-refractivity contribution in [3.05, 3.63) is 29.8 Å². The van der Waals surface area contributed by atoms with Crippen molar-refractivity contribution < 1.29 is 13.2 Å². The van der Waals surface area contributed by atoms with Gasteiger partial charge < -0.3 is 5.32 Å². The average molecular weight is 345 g/mol. The van der Waals surface area contributed by atoms with Crippen LogP contribution in [0.3, 0.4) is 0 Å². The molecule has 1 N–H and O–H groups in total. The van der Waals surface area contributed by atoms with Gasteiger partial charge in [-0.05, 0) is 43.9 Å². The van der Waals surface area contributed by atoms with E-state index in [1.165, 1.54) is 13.0 Å². The molecule has 3 rings (SSSR count). The molecular weight excluding hydrogens is 324 g/mol. The summed E-state index contributed by atoms with van der Waals surface area (Å²) in [7, 11) is -3.50. The molecule has 7 heteroatoms. The van der Waals surface area contributed by atoms with E-state index >= 15 is 0 Å². The maximum Gasteiger partial charge on any atom is 0.243 e. The van der Waals surface area contributed by atoms with Crippen LogP contribution in [0.15, 0.2) is 29.2 Å². The van der Waals surface area contributed by atoms with Crippen molar-refractivity contribution in [1.29, 1.82) is 0 Å². The molecule has 1 unspecified atom stereocenters. The molecule has 2 fully saturated rings. The van der Waals surface area contributed by atoms with Crippen molar-refractivity contribution in [2.45, 2.75) is 24.7 Å². The number of hydrogen-bond acceptors (Lipinski definition) is 4. The van der Waals surface area contributed by atoms with Gasteiger partial charge in [-0.2, -0.15) is 4.31 Å². The molecule has 0 amide bonds. The maximum absolute atomic E-state index is 12.7. The Bertz CT molecular complexity index is 669. The second-order valence-electron chi connectivity index (χ2n) is 6.10. The van der Waals surface area contributed by atoms with E-state index < -0.39 is 10.0 Å². The molecular formula is C15H21ClN2O3S. The number of rotatable bonds is 3. The molecule has 5 nitrogen and oxygen atoms in total. The van der Waals surface area contributed by atoms with Crippen LogP contribution in [0.5, 0.6) is 0 Å². The molecule has 1 aromatic carbocycles. The van der Waals surface area contributed by atoms with E-state index in [4.69, 9.17) is 0 Å². The predicted molar refractivity (Wildman–Crippen MR) is 87.0 cm³/mol. The zero-order valence-corrected chi connectivity index (χ0v) is 14.2. The quantitative estimate of drug-likeness (QED) is 0.847. The Hall–Kier alpha value is -0.950. The largest absolute Gasteiger partial charge is 0.316 e. The number of hydrogen-bond donors (Lipinski definition) is 1. The molecule has 1 aromatic rings. The van der Waals surface area contributed by atoms with Crippen LogP contribution in [0.25, 0.3) is 0 Å². The molecule has 22 heavy (non-hydrogen) atoms. The first-order valence-electron chi connectivity index (χ1n) is 7.25. The maximum atomic E-state index is 12.7. The monoisotopic (exact) mass is 344 g/mol. The fourth-order valence-corrected chi connectivity index (χ4v) is 4.87. The van der Waals surface area contributed by atoms with Gasteiger partial charge in [-0.25, -0.2) is 8.42 Å². The van der Waals surface area contributed by atoms with Gasteiger partial charge in [-0.3, -0.25) is 4.79 Å². The number of nitrogens with zero attached hydrogens (tertiary/aromatic N) is 1. The number of halogens is 1. The predicted octanol–water partition coefficient (Wildman–Crippen LogP) is 1.69. The lowest BCUT2D eigenvalue weighted by atomic mass is 9.87. The molecule has 2 saturated heterocycles. The van der Waals surface area contributed by atoms with Crippen LogP contribution in [0.2, 0.25) is 0 Å². The van der Waals surface area contributed by atoms with Crippen molar-refractivity contribution in [2.24, 2.45) is 5.41 Å². The van der Waals surface area contributed by atoms with Crippen molar-refractivity contribution in [1.82, 2.24) is 9.62 Å². The average Bonchev–Trinajstić information content (AvgIpc) is 3.10. The van der Waals surface area contributed by atoms with E-state index in [9.17, 15) is 13.2 Å². The first kappa shape index (κ1) is 17.4. The zero-order valence-electron chi connectivity index (χ0n) is 12.5. The van der Waals surface area contributed by atoms with E-state index in [0.717, 1.165) is 25.9 Å². The van der Waals surface area contributed by atoms with Crippen LogP contribution >= 0.6 is 12.4 Å². The van der Waals surface area contributed by atoms with Gasteiger partial charge in [-0.15, -0.1) is 12.4 Å². The summed E-state index contributed by atoms with van der Waals surface area (Å²) in [5.74, 6) is -0.120. The van der Waals surface area contributed by atoms with Crippen LogP contribution in [-0.4, -0.2) is 44.7 Å². The molecule has 0 radical (unpaired) electrons. The van der Waals surface area contributed by atoms with E-state index in [0.29, 0.717) is 18.7 Å². The zero-order chi connectivity index (χ0) is 15.1. The second kappa shape index (κ2) is 6.28. The summed E-state index contributed by atoms with van der Waals surface area (Å²) < 4.78 is 27.1. The van der Waals surface area contributed by atoms with Gasteiger partial charge in [0.2, 0.25) is 10.0 Å². The van der Waals surface area contributed by atoms with Crippen LogP contribution in [-0.2, 0) is 10.0 Å². The minimum Gasteiger partial charge on any atom is -0.316 e. The summed E-state index contributed by atoms with van der Waals surface area (Å²) in [6.07, 6.45) is 1.94. The SMILES string of the molecule is CC(=O)c1cccc(S(=O)(=O)N2CCC3(CCNC3)C2)c1.Cl. The summed E-state index contributed by atoms with van der Waals surface area (Å²) in [6.45, 7) is 4.45.